The molecule has 3 heterocycles. The summed E-state index contributed by atoms with van der Waals surface area (Å²) in [5.74, 6) is 0.0197. The Kier molecular flexibility index (Phi) is 3.51. The van der Waals surface area contributed by atoms with E-state index in [9.17, 15) is 9.59 Å². The second kappa shape index (κ2) is 5.62. The summed E-state index contributed by atoms with van der Waals surface area (Å²) in [5.41, 5.74) is 0.162. The molecule has 0 saturated heterocycles. The number of ether oxygens (including phenoxy) is 1. The highest BCUT2D eigenvalue weighted by molar-refractivity contribution is 5.94. The monoisotopic (exact) mass is 284 g/mol. The van der Waals surface area contributed by atoms with E-state index >= 15 is 0 Å². The molecule has 106 valence electrons. The number of anilines is 1. The third-order valence-corrected chi connectivity index (χ3v) is 3.01. The van der Waals surface area contributed by atoms with Crippen molar-refractivity contribution in [2.24, 2.45) is 0 Å². The van der Waals surface area contributed by atoms with Crippen molar-refractivity contribution in [2.45, 2.75) is 12.5 Å². The third kappa shape index (κ3) is 2.84. The lowest BCUT2D eigenvalue weighted by molar-refractivity contribution is -0.123. The molecule has 21 heavy (non-hydrogen) atoms. The molecule has 1 unspecified atom stereocenters. The Morgan fingerprint density at radius 2 is 2.24 bits per heavy atom. The molecule has 0 fully saturated rings. The van der Waals surface area contributed by atoms with Crippen LogP contribution >= 0.6 is 0 Å². The van der Waals surface area contributed by atoms with Crippen LogP contribution in [0, 0.1) is 0 Å². The number of nitrogens with zero attached hydrogens (tertiary/aromatic N) is 1. The van der Waals surface area contributed by atoms with Gasteiger partial charge in [-0.3, -0.25) is 9.78 Å². The van der Waals surface area contributed by atoms with Crippen LogP contribution in [0.5, 0.6) is 0 Å². The Hall–Kier alpha value is -2.89. The number of hydrogen-bond donors (Lipinski definition) is 1. The molecule has 1 N–H and O–H groups in total. The lowest BCUT2D eigenvalue weighted by Gasteiger charge is -2.10. The van der Waals surface area contributed by atoms with Gasteiger partial charge >= 0.3 is 5.63 Å². The van der Waals surface area contributed by atoms with Gasteiger partial charge in [-0.1, -0.05) is 0 Å². The summed E-state index contributed by atoms with van der Waals surface area (Å²) in [7, 11) is 0. The minimum Gasteiger partial charge on any atom is -0.488 e. The largest absolute Gasteiger partial charge is 0.488 e. The van der Waals surface area contributed by atoms with Crippen LogP contribution in [0.4, 0.5) is 5.69 Å². The molecular formula is C15H12N2O4. The normalized spacial score (nSPS) is 16.5. The fraction of sp³-hybridized carbons (Fsp3) is 0.133. The zero-order valence-electron chi connectivity index (χ0n) is 11.0. The molecule has 1 aliphatic rings. The van der Waals surface area contributed by atoms with Gasteiger partial charge in [0.25, 0.3) is 5.91 Å². The summed E-state index contributed by atoms with van der Waals surface area (Å²) < 4.78 is 10.3. The number of nitrogens with one attached hydrogen (secondary N) is 1. The first-order valence-electron chi connectivity index (χ1n) is 6.40. The molecule has 1 aliphatic heterocycles. The molecular weight excluding hydrogens is 272 g/mol. The van der Waals surface area contributed by atoms with E-state index in [2.05, 4.69) is 10.3 Å². The van der Waals surface area contributed by atoms with E-state index in [1.807, 2.05) is 0 Å². The second-order valence-corrected chi connectivity index (χ2v) is 4.46. The number of amides is 1. The van der Waals surface area contributed by atoms with E-state index in [0.717, 1.165) is 0 Å². The molecule has 3 rings (SSSR count). The SMILES string of the molecule is O=C(Nc1ccc(-c2cccnc2)oc1=O)C1CC=CO1. The van der Waals surface area contributed by atoms with E-state index in [0.29, 0.717) is 17.7 Å². The van der Waals surface area contributed by atoms with Crippen molar-refractivity contribution < 1.29 is 13.9 Å². The van der Waals surface area contributed by atoms with Gasteiger partial charge in [0, 0.05) is 24.4 Å². The average Bonchev–Trinajstić information content (AvgIpc) is 3.04. The fourth-order valence-electron chi connectivity index (χ4n) is 1.94. The van der Waals surface area contributed by atoms with Crippen molar-refractivity contribution in [1.82, 2.24) is 4.98 Å². The molecule has 6 heteroatoms. The Labute approximate surface area is 120 Å². The summed E-state index contributed by atoms with van der Waals surface area (Å²) in [6, 6.07) is 6.65. The van der Waals surface area contributed by atoms with Gasteiger partial charge in [-0.2, -0.15) is 0 Å². The van der Waals surface area contributed by atoms with Crippen molar-refractivity contribution in [2.75, 3.05) is 5.32 Å². The van der Waals surface area contributed by atoms with Gasteiger partial charge in [0.15, 0.2) is 6.10 Å². The predicted molar refractivity (Wildman–Crippen MR) is 75.5 cm³/mol. The van der Waals surface area contributed by atoms with Crippen LogP contribution in [0.25, 0.3) is 11.3 Å². The molecule has 0 spiro atoms. The van der Waals surface area contributed by atoms with Crippen LogP contribution in [-0.2, 0) is 9.53 Å². The standard InChI is InChI=1S/C15H12N2O4/c18-14(13-4-2-8-20-13)17-11-5-6-12(21-15(11)19)10-3-1-7-16-9-10/h1-3,5-9,13H,4H2,(H,17,18). The number of carbonyl (C=O) groups is 1. The maximum Gasteiger partial charge on any atom is 0.360 e. The van der Waals surface area contributed by atoms with Crippen molar-refractivity contribution in [3.05, 3.63) is 59.4 Å². The van der Waals surface area contributed by atoms with Crippen molar-refractivity contribution in [1.29, 1.82) is 0 Å². The smallest absolute Gasteiger partial charge is 0.360 e. The highest BCUT2D eigenvalue weighted by atomic mass is 16.5. The van der Waals surface area contributed by atoms with E-state index in [1.54, 1.807) is 36.7 Å². The quantitative estimate of drug-likeness (QED) is 0.931. The number of hydrogen-bond acceptors (Lipinski definition) is 5. The minimum absolute atomic E-state index is 0.0862. The Morgan fingerprint density at radius 3 is 2.90 bits per heavy atom. The van der Waals surface area contributed by atoms with Crippen molar-refractivity contribution in [3.8, 4) is 11.3 Å². The molecule has 0 bridgehead atoms. The summed E-state index contributed by atoms with van der Waals surface area (Å²) in [6.07, 6.45) is 6.34. The van der Waals surface area contributed by atoms with Gasteiger partial charge < -0.3 is 14.5 Å². The molecule has 1 atom stereocenters. The first-order chi connectivity index (χ1) is 10.2. The van der Waals surface area contributed by atoms with Gasteiger partial charge in [0.05, 0.1) is 6.26 Å². The first-order valence-corrected chi connectivity index (χ1v) is 6.40. The number of rotatable bonds is 3. The van der Waals surface area contributed by atoms with Gasteiger partial charge in [-0.15, -0.1) is 0 Å². The lowest BCUT2D eigenvalue weighted by atomic mass is 10.2. The Balaban J connectivity index is 1.79. The molecule has 6 nitrogen and oxygen atoms in total. The zero-order chi connectivity index (χ0) is 14.7. The number of aromatic nitrogens is 1. The third-order valence-electron chi connectivity index (χ3n) is 3.01. The molecule has 2 aromatic heterocycles. The second-order valence-electron chi connectivity index (χ2n) is 4.46. The minimum atomic E-state index is -0.615. The van der Waals surface area contributed by atoms with Crippen LogP contribution in [0.1, 0.15) is 6.42 Å². The molecule has 2 aromatic rings. The fourth-order valence-corrected chi connectivity index (χ4v) is 1.94. The topological polar surface area (TPSA) is 81.4 Å². The number of pyridine rings is 1. The maximum atomic E-state index is 11.9. The maximum absolute atomic E-state index is 11.9. The molecule has 0 saturated carbocycles. The van der Waals surface area contributed by atoms with Crippen LogP contribution in [0.15, 0.2) is 58.2 Å². The summed E-state index contributed by atoms with van der Waals surface area (Å²) in [5, 5.41) is 2.51. The van der Waals surface area contributed by atoms with Crippen LogP contribution in [-0.4, -0.2) is 17.0 Å². The summed E-state index contributed by atoms with van der Waals surface area (Å²) in [4.78, 5) is 27.7. The zero-order valence-corrected chi connectivity index (χ0v) is 11.0. The summed E-state index contributed by atoms with van der Waals surface area (Å²) >= 11 is 0. The highest BCUT2D eigenvalue weighted by Gasteiger charge is 2.22. The van der Waals surface area contributed by atoms with Crippen molar-refractivity contribution >= 4 is 11.6 Å². The van der Waals surface area contributed by atoms with Crippen LogP contribution in [0.3, 0.4) is 0 Å². The summed E-state index contributed by atoms with van der Waals surface area (Å²) in [6.45, 7) is 0. The first kappa shape index (κ1) is 13.1. The van der Waals surface area contributed by atoms with Crippen LogP contribution < -0.4 is 10.9 Å². The van der Waals surface area contributed by atoms with E-state index < -0.39 is 11.7 Å². The highest BCUT2D eigenvalue weighted by Crippen LogP contribution is 2.18. The van der Waals surface area contributed by atoms with Gasteiger partial charge in [0.2, 0.25) is 0 Å². The number of carbonyl (C=O) groups excluding carboxylic acids is 1. The van der Waals surface area contributed by atoms with Crippen LogP contribution in [0.2, 0.25) is 0 Å². The lowest BCUT2D eigenvalue weighted by Crippen LogP contribution is -2.29. The van der Waals surface area contributed by atoms with E-state index in [-0.39, 0.29) is 11.6 Å². The van der Waals surface area contributed by atoms with Gasteiger partial charge in [0.1, 0.15) is 11.4 Å². The van der Waals surface area contributed by atoms with Crippen molar-refractivity contribution in [3.63, 3.8) is 0 Å². The molecule has 1 amide bonds. The average molecular weight is 284 g/mol. The molecule has 0 aromatic carbocycles. The Bertz CT molecular complexity index is 729. The van der Waals surface area contributed by atoms with Gasteiger partial charge in [-0.25, -0.2) is 4.79 Å². The van der Waals surface area contributed by atoms with Gasteiger partial charge in [-0.05, 0) is 30.3 Å². The van der Waals surface area contributed by atoms with E-state index in [4.69, 9.17) is 9.15 Å². The molecule has 0 aliphatic carbocycles. The predicted octanol–water partition coefficient (Wildman–Crippen LogP) is 1.94. The molecule has 0 radical (unpaired) electrons. The Morgan fingerprint density at radius 1 is 1.33 bits per heavy atom. The van der Waals surface area contributed by atoms with E-state index in [1.165, 1.54) is 12.3 Å².